The molecule has 0 heterocycles. The Morgan fingerprint density at radius 3 is 1.35 bits per heavy atom. The molecule has 9 aromatic rings. The lowest BCUT2D eigenvalue weighted by molar-refractivity contribution is 0.304. The molecule has 0 fully saturated rings. The summed E-state index contributed by atoms with van der Waals surface area (Å²) in [5.74, 6) is 1.86. The van der Waals surface area contributed by atoms with Gasteiger partial charge in [-0.1, -0.05) is 212 Å². The fourth-order valence-electron chi connectivity index (χ4n) is 11.0. The molecule has 10 rings (SSSR count). The van der Waals surface area contributed by atoms with Gasteiger partial charge in [-0.25, -0.2) is 0 Å². The number of hydrogen-bond acceptors (Lipinski definition) is 2. The van der Waals surface area contributed by atoms with E-state index in [2.05, 4.69) is 184 Å². The predicted molar refractivity (Wildman–Crippen MR) is 277 cm³/mol. The van der Waals surface area contributed by atoms with Gasteiger partial charge in [0, 0.05) is 0 Å². The Morgan fingerprint density at radius 1 is 0.354 bits per heavy atom. The molecule has 9 aromatic carbocycles. The third-order valence-electron chi connectivity index (χ3n) is 14.2. The summed E-state index contributed by atoms with van der Waals surface area (Å²) in [6, 6.07) is 63.7. The molecule has 0 N–H and O–H groups in total. The zero-order valence-corrected chi connectivity index (χ0v) is 38.4. The van der Waals surface area contributed by atoms with E-state index in [1.807, 2.05) is 0 Å². The molecule has 65 heavy (non-hydrogen) atoms. The van der Waals surface area contributed by atoms with Crippen LogP contribution in [0.3, 0.4) is 0 Å². The highest BCUT2D eigenvalue weighted by atomic mass is 16.5. The lowest BCUT2D eigenvalue weighted by atomic mass is 9.67. The van der Waals surface area contributed by atoms with Crippen LogP contribution in [0.2, 0.25) is 0 Å². The van der Waals surface area contributed by atoms with Crippen LogP contribution >= 0.6 is 0 Å². The Balaban J connectivity index is 1.13. The predicted octanol–water partition coefficient (Wildman–Crippen LogP) is 17.8. The molecule has 1 aliphatic rings. The number of hydrogen-bond donors (Lipinski definition) is 0. The van der Waals surface area contributed by atoms with Crippen molar-refractivity contribution in [1.82, 2.24) is 0 Å². The molecule has 1 aliphatic carbocycles. The Labute approximate surface area is 386 Å². The minimum Gasteiger partial charge on any atom is -0.494 e. The van der Waals surface area contributed by atoms with Crippen LogP contribution in [0.15, 0.2) is 170 Å². The van der Waals surface area contributed by atoms with Gasteiger partial charge in [0.15, 0.2) is 0 Å². The molecule has 2 heteroatoms. The van der Waals surface area contributed by atoms with E-state index < -0.39 is 5.41 Å². The Morgan fingerprint density at radius 2 is 0.815 bits per heavy atom. The van der Waals surface area contributed by atoms with Crippen molar-refractivity contribution in [3.8, 4) is 33.8 Å². The molecule has 0 saturated carbocycles. The van der Waals surface area contributed by atoms with Crippen LogP contribution < -0.4 is 9.47 Å². The molecule has 0 radical (unpaired) electrons. The maximum Gasteiger partial charge on any atom is 0.119 e. The third-order valence-corrected chi connectivity index (χ3v) is 14.2. The van der Waals surface area contributed by atoms with Crippen molar-refractivity contribution in [2.24, 2.45) is 0 Å². The highest BCUT2D eigenvalue weighted by Gasteiger charge is 2.45. The van der Waals surface area contributed by atoms with E-state index in [0.717, 1.165) is 37.6 Å². The van der Waals surface area contributed by atoms with Crippen LogP contribution in [-0.4, -0.2) is 13.2 Å². The van der Waals surface area contributed by atoms with Crippen LogP contribution in [-0.2, 0) is 5.41 Å². The second-order valence-corrected chi connectivity index (χ2v) is 18.3. The third kappa shape index (κ3) is 8.07. The first-order valence-electron chi connectivity index (χ1n) is 24.7. The van der Waals surface area contributed by atoms with Gasteiger partial charge in [-0.15, -0.1) is 0 Å². The smallest absolute Gasteiger partial charge is 0.119 e. The highest BCUT2D eigenvalue weighted by Crippen LogP contribution is 2.57. The van der Waals surface area contributed by atoms with Crippen molar-refractivity contribution in [2.45, 2.75) is 96.3 Å². The topological polar surface area (TPSA) is 18.5 Å². The van der Waals surface area contributed by atoms with Gasteiger partial charge in [0.25, 0.3) is 0 Å². The van der Waals surface area contributed by atoms with Gasteiger partial charge >= 0.3 is 0 Å². The number of benzene rings is 9. The maximum absolute atomic E-state index is 6.42. The van der Waals surface area contributed by atoms with Gasteiger partial charge in [-0.05, 0) is 137 Å². The van der Waals surface area contributed by atoms with Gasteiger partial charge in [0.05, 0.1) is 18.6 Å². The average Bonchev–Trinajstić information content (AvgIpc) is 3.66. The van der Waals surface area contributed by atoms with E-state index in [-0.39, 0.29) is 0 Å². The SMILES string of the molecule is CCCCCCCCOc1ccc(C2(c3ccc(OCCCCCCCC)cc3)c3cccc4ccc5cc(-c6c7ccccc7c(-c7ccccc7)c7ccccc67)cc2c5c34)cc1. The first kappa shape index (κ1) is 42.6. The average molecular weight is 851 g/mol. The summed E-state index contributed by atoms with van der Waals surface area (Å²) in [5.41, 5.74) is 9.54. The number of unbranched alkanes of at least 4 members (excludes halogenated alkanes) is 10. The minimum absolute atomic E-state index is 0.595. The van der Waals surface area contributed by atoms with Crippen molar-refractivity contribution in [1.29, 1.82) is 0 Å². The van der Waals surface area contributed by atoms with Crippen molar-refractivity contribution < 1.29 is 9.47 Å². The van der Waals surface area contributed by atoms with Crippen molar-refractivity contribution in [3.63, 3.8) is 0 Å². The molecule has 0 aliphatic heterocycles. The fraction of sp³-hybridized carbons (Fsp3) is 0.270. The molecule has 0 bridgehead atoms. The second kappa shape index (κ2) is 19.4. The minimum atomic E-state index is -0.595. The normalized spacial score (nSPS) is 12.8. The quantitative estimate of drug-likeness (QED) is 0.0432. The van der Waals surface area contributed by atoms with E-state index in [4.69, 9.17) is 9.47 Å². The molecular weight excluding hydrogens is 789 g/mol. The van der Waals surface area contributed by atoms with Gasteiger partial charge in [-0.2, -0.15) is 0 Å². The highest BCUT2D eigenvalue weighted by molar-refractivity contribution is 6.23. The van der Waals surface area contributed by atoms with Crippen LogP contribution in [0.4, 0.5) is 0 Å². The first-order valence-corrected chi connectivity index (χ1v) is 24.7. The van der Waals surface area contributed by atoms with E-state index in [1.54, 1.807) is 0 Å². The van der Waals surface area contributed by atoms with E-state index >= 15 is 0 Å². The largest absolute Gasteiger partial charge is 0.494 e. The molecule has 0 amide bonds. The molecule has 0 unspecified atom stereocenters. The van der Waals surface area contributed by atoms with Gasteiger partial charge in [0.1, 0.15) is 11.5 Å². The van der Waals surface area contributed by atoms with Crippen LogP contribution in [0.1, 0.15) is 113 Å². The molecule has 326 valence electrons. The monoisotopic (exact) mass is 850 g/mol. The van der Waals surface area contributed by atoms with Crippen molar-refractivity contribution >= 4 is 43.1 Å². The standard InChI is InChI=1S/C63H62O2/c1-3-5-7-9-11-20-41-64-51-37-33-49(34-38-51)63(50-35-39-52(40-36-50)65-42-21-12-10-8-6-4-2)57-30-22-25-46-31-32-47-43-48(44-58(63)62(47)61(46)57)60-55-28-18-16-26-53(55)59(45-23-14-13-15-24-45)54-27-17-19-29-56(54)60/h13-19,22-40,43-44H,3-12,20-21,41-42H2,1-2H3. The Kier molecular flexibility index (Phi) is 12.7. The second-order valence-electron chi connectivity index (χ2n) is 18.3. The van der Waals surface area contributed by atoms with E-state index in [0.29, 0.717) is 0 Å². The van der Waals surface area contributed by atoms with Gasteiger partial charge < -0.3 is 9.47 Å². The van der Waals surface area contributed by atoms with Gasteiger partial charge in [0.2, 0.25) is 0 Å². The zero-order valence-electron chi connectivity index (χ0n) is 38.4. The fourth-order valence-corrected chi connectivity index (χ4v) is 11.0. The summed E-state index contributed by atoms with van der Waals surface area (Å²) in [5, 5.41) is 10.3. The number of ether oxygens (including phenoxy) is 2. The molecule has 0 spiro atoms. The number of fused-ring (bicyclic) bond motifs is 2. The summed E-state index contributed by atoms with van der Waals surface area (Å²) in [6.07, 6.45) is 15.0. The number of rotatable bonds is 20. The molecule has 2 nitrogen and oxygen atoms in total. The lowest BCUT2D eigenvalue weighted by Crippen LogP contribution is -2.29. The van der Waals surface area contributed by atoms with Crippen LogP contribution in [0.25, 0.3) is 65.3 Å². The molecule has 0 saturated heterocycles. The maximum atomic E-state index is 6.42. The Bertz CT molecular complexity index is 2930. The molecule has 0 aromatic heterocycles. The summed E-state index contributed by atoms with van der Waals surface area (Å²) >= 11 is 0. The lowest BCUT2D eigenvalue weighted by Gasteiger charge is -2.35. The first-order chi connectivity index (χ1) is 32.2. The summed E-state index contributed by atoms with van der Waals surface area (Å²) in [4.78, 5) is 0. The summed E-state index contributed by atoms with van der Waals surface area (Å²) in [6.45, 7) is 6.04. The van der Waals surface area contributed by atoms with Crippen molar-refractivity contribution in [2.75, 3.05) is 13.2 Å². The zero-order chi connectivity index (χ0) is 44.0. The van der Waals surface area contributed by atoms with Crippen molar-refractivity contribution in [3.05, 3.63) is 192 Å². The summed E-state index contributed by atoms with van der Waals surface area (Å²) < 4.78 is 12.8. The summed E-state index contributed by atoms with van der Waals surface area (Å²) in [7, 11) is 0. The van der Waals surface area contributed by atoms with Gasteiger partial charge in [-0.3, -0.25) is 0 Å². The van der Waals surface area contributed by atoms with E-state index in [9.17, 15) is 0 Å². The molecular formula is C63H62O2. The van der Waals surface area contributed by atoms with Crippen LogP contribution in [0.5, 0.6) is 11.5 Å². The Hall–Kier alpha value is -6.38. The van der Waals surface area contributed by atoms with E-state index in [1.165, 1.54) is 152 Å². The molecule has 0 atom stereocenters. The van der Waals surface area contributed by atoms with Crippen LogP contribution in [0, 0.1) is 0 Å².